The molecule has 0 radical (unpaired) electrons. The fourth-order valence-corrected chi connectivity index (χ4v) is 9.12. The molecule has 2 N–H and O–H groups in total. The minimum Gasteiger partial charge on any atom is -0.462 e. The number of aliphatic hydroxyl groups is 1. The Morgan fingerprint density at radius 3 is 1.04 bits per heavy atom. The molecule has 0 bridgehead atoms. The number of esters is 3. The summed E-state index contributed by atoms with van der Waals surface area (Å²) in [7, 11) is -4.77. The molecule has 0 rings (SSSR count). The van der Waals surface area contributed by atoms with Crippen molar-refractivity contribution in [1.82, 2.24) is 0 Å². The third-order valence-corrected chi connectivity index (χ3v) is 14.0. The average Bonchev–Trinajstić information content (AvgIpc) is 3.43. The Morgan fingerprint density at radius 1 is 0.372 bits per heavy atom. The van der Waals surface area contributed by atoms with Crippen molar-refractivity contribution < 1.29 is 52.2 Å². The molecule has 0 heterocycles. The van der Waals surface area contributed by atoms with Crippen LogP contribution in [0.5, 0.6) is 0 Å². The molecule has 12 heteroatoms. The summed E-state index contributed by atoms with van der Waals surface area (Å²) in [5.41, 5.74) is 0. The van der Waals surface area contributed by atoms with Crippen molar-refractivity contribution in [2.75, 3.05) is 26.4 Å². The van der Waals surface area contributed by atoms with E-state index in [-0.39, 0.29) is 25.9 Å². The van der Waals surface area contributed by atoms with Gasteiger partial charge in [-0.15, -0.1) is 0 Å². The molecule has 0 aromatic rings. The van der Waals surface area contributed by atoms with Gasteiger partial charge in [-0.25, -0.2) is 4.57 Å². The fourth-order valence-electron chi connectivity index (χ4n) is 8.34. The molecule has 3 unspecified atom stereocenters. The van der Waals surface area contributed by atoms with Crippen LogP contribution in [0.1, 0.15) is 265 Å². The summed E-state index contributed by atoms with van der Waals surface area (Å²) in [4.78, 5) is 48.7. The summed E-state index contributed by atoms with van der Waals surface area (Å²) >= 11 is 0. The molecule has 0 fully saturated rings. The molecule has 0 aliphatic rings. The number of hydrogen-bond acceptors (Lipinski definition) is 10. The van der Waals surface area contributed by atoms with E-state index in [1.165, 1.54) is 83.5 Å². The highest BCUT2D eigenvalue weighted by Crippen LogP contribution is 2.43. The summed E-state index contributed by atoms with van der Waals surface area (Å²) < 4.78 is 39.6. The Kier molecular flexibility index (Phi) is 56.8. The third-order valence-electron chi connectivity index (χ3n) is 13.0. The molecule has 3 atom stereocenters. The Balaban J connectivity index is 4.76. The molecule has 0 aromatic heterocycles. The van der Waals surface area contributed by atoms with E-state index in [2.05, 4.69) is 118 Å². The number of rotatable bonds is 57. The highest BCUT2D eigenvalue weighted by molar-refractivity contribution is 7.47. The van der Waals surface area contributed by atoms with Crippen LogP contribution in [0.3, 0.4) is 0 Å². The Labute approximate surface area is 476 Å². The van der Waals surface area contributed by atoms with E-state index in [9.17, 15) is 28.9 Å². The number of phosphoric acid groups is 1. The van der Waals surface area contributed by atoms with Crippen molar-refractivity contribution in [3.8, 4) is 0 Å². The normalized spacial score (nSPS) is 14.0. The van der Waals surface area contributed by atoms with Crippen molar-refractivity contribution in [1.29, 1.82) is 0 Å². The van der Waals surface area contributed by atoms with Gasteiger partial charge in [0.1, 0.15) is 12.7 Å². The molecule has 0 spiro atoms. The summed E-state index contributed by atoms with van der Waals surface area (Å²) in [5, 5.41) is 9.84. The molecule has 0 aromatic carbocycles. The first-order valence-electron chi connectivity index (χ1n) is 31.1. The van der Waals surface area contributed by atoms with Crippen LogP contribution < -0.4 is 0 Å². The SMILES string of the molecule is CC/C=C\C/C=C\C/C=C\C/C=C\C/C=C\CCCCCC(=O)OC(COC(=O)CCCCCCCCCCCCCCCCC)COP(=O)(O)OCC(CO)OC(=O)CCCCCCCCC/C=C\C/C=C\C/C=C\CC. The van der Waals surface area contributed by atoms with Gasteiger partial charge in [0.15, 0.2) is 6.10 Å². The number of ether oxygens (including phenoxy) is 3. The molecule has 448 valence electrons. The maximum atomic E-state index is 12.9. The van der Waals surface area contributed by atoms with Crippen molar-refractivity contribution in [2.24, 2.45) is 0 Å². The highest BCUT2D eigenvalue weighted by atomic mass is 31.2. The first kappa shape index (κ1) is 74.4. The van der Waals surface area contributed by atoms with Gasteiger partial charge in [0.05, 0.1) is 19.8 Å². The van der Waals surface area contributed by atoms with E-state index in [4.69, 9.17) is 23.3 Å². The van der Waals surface area contributed by atoms with E-state index >= 15 is 0 Å². The maximum absolute atomic E-state index is 12.9. The number of hydrogen-bond donors (Lipinski definition) is 2. The van der Waals surface area contributed by atoms with Crippen molar-refractivity contribution in [2.45, 2.75) is 277 Å². The molecule has 78 heavy (non-hydrogen) atoms. The van der Waals surface area contributed by atoms with Gasteiger partial charge in [-0.2, -0.15) is 0 Å². The standard InChI is InChI=1S/C66H113O11P/c1-4-7-10-13-16-19-22-25-28-30-31-33-36-39-42-45-48-51-54-57-66(70)77-63(59-73-64(68)55-52-49-46-43-40-37-34-27-24-21-18-15-12-9-6-3)61-75-78(71,72)74-60-62(58-67)76-65(69)56-53-50-47-44-41-38-35-32-29-26-23-20-17-14-11-8-5-2/h7-8,10-11,16-17,19-20,25-26,28-29,31,33,39,42,62-63,67H,4-6,9,12-15,18,21-24,27,30,32,34-38,40-41,43-61H2,1-3H3,(H,71,72)/b10-7-,11-8-,19-16-,20-17-,28-25-,29-26-,33-31-,42-39-. The number of phosphoric ester groups is 1. The molecule has 0 saturated carbocycles. The summed E-state index contributed by atoms with van der Waals surface area (Å²) in [5.74, 6) is -1.51. The molecule has 0 aliphatic carbocycles. The zero-order valence-electron chi connectivity index (χ0n) is 49.6. The summed E-state index contributed by atoms with van der Waals surface area (Å²) in [6, 6.07) is 0. The highest BCUT2D eigenvalue weighted by Gasteiger charge is 2.28. The maximum Gasteiger partial charge on any atom is 0.472 e. The Morgan fingerprint density at radius 2 is 0.667 bits per heavy atom. The second-order valence-corrected chi connectivity index (χ2v) is 21.9. The Bertz CT molecular complexity index is 1680. The fraction of sp³-hybridized carbons (Fsp3) is 0.712. The van der Waals surface area contributed by atoms with Crippen LogP contribution in [0.2, 0.25) is 0 Å². The Hall–Kier alpha value is -3.60. The van der Waals surface area contributed by atoms with Gasteiger partial charge < -0.3 is 24.2 Å². The zero-order valence-corrected chi connectivity index (χ0v) is 50.5. The molecular formula is C66H113O11P. The number of allylic oxidation sites excluding steroid dienone is 16. The number of unbranched alkanes of at least 4 members (excludes halogenated alkanes) is 24. The van der Waals surface area contributed by atoms with Gasteiger partial charge in [0.25, 0.3) is 0 Å². The van der Waals surface area contributed by atoms with E-state index in [0.717, 1.165) is 122 Å². The molecule has 0 saturated heterocycles. The van der Waals surface area contributed by atoms with Crippen LogP contribution >= 0.6 is 7.82 Å². The predicted molar refractivity (Wildman–Crippen MR) is 325 cm³/mol. The van der Waals surface area contributed by atoms with Gasteiger partial charge >= 0.3 is 25.7 Å². The van der Waals surface area contributed by atoms with E-state index in [1.54, 1.807) is 0 Å². The first-order chi connectivity index (χ1) is 38.2. The quantitative estimate of drug-likeness (QED) is 0.0197. The van der Waals surface area contributed by atoms with E-state index in [0.29, 0.717) is 19.3 Å². The predicted octanol–water partition coefficient (Wildman–Crippen LogP) is 18.8. The number of aliphatic hydroxyl groups excluding tert-OH is 1. The lowest BCUT2D eigenvalue weighted by atomic mass is 10.0. The molecular weight excluding hydrogens is 1000 g/mol. The van der Waals surface area contributed by atoms with Gasteiger partial charge in [-0.1, -0.05) is 246 Å². The second-order valence-electron chi connectivity index (χ2n) is 20.5. The monoisotopic (exact) mass is 1110 g/mol. The minimum atomic E-state index is -4.77. The van der Waals surface area contributed by atoms with Crippen LogP contribution in [-0.2, 0) is 42.2 Å². The largest absolute Gasteiger partial charge is 0.472 e. The lowest BCUT2D eigenvalue weighted by molar-refractivity contribution is -0.161. The van der Waals surface area contributed by atoms with Gasteiger partial charge in [0, 0.05) is 19.3 Å². The summed E-state index contributed by atoms with van der Waals surface area (Å²) in [6.07, 6.45) is 70.7. The van der Waals surface area contributed by atoms with Crippen LogP contribution in [0.25, 0.3) is 0 Å². The van der Waals surface area contributed by atoms with Crippen LogP contribution in [0, 0.1) is 0 Å². The minimum absolute atomic E-state index is 0.126. The third kappa shape index (κ3) is 57.1. The smallest absolute Gasteiger partial charge is 0.462 e. The van der Waals surface area contributed by atoms with Gasteiger partial charge in [0.2, 0.25) is 0 Å². The molecule has 0 aliphatic heterocycles. The zero-order chi connectivity index (χ0) is 56.9. The second kappa shape index (κ2) is 59.5. The van der Waals surface area contributed by atoms with Crippen LogP contribution in [0.4, 0.5) is 0 Å². The van der Waals surface area contributed by atoms with Crippen LogP contribution in [0.15, 0.2) is 97.2 Å². The number of carbonyl (C=O) groups excluding carboxylic acids is 3. The van der Waals surface area contributed by atoms with Crippen LogP contribution in [-0.4, -0.2) is 66.5 Å². The lowest BCUT2D eigenvalue weighted by Crippen LogP contribution is -2.30. The average molecular weight is 1110 g/mol. The molecule has 11 nitrogen and oxygen atoms in total. The van der Waals surface area contributed by atoms with Gasteiger partial charge in [-0.05, 0) is 96.3 Å². The van der Waals surface area contributed by atoms with Gasteiger partial charge in [-0.3, -0.25) is 23.4 Å². The van der Waals surface area contributed by atoms with Crippen molar-refractivity contribution in [3.05, 3.63) is 97.2 Å². The van der Waals surface area contributed by atoms with Crippen molar-refractivity contribution >= 4 is 25.7 Å². The van der Waals surface area contributed by atoms with E-state index < -0.39 is 57.8 Å². The molecule has 0 amide bonds. The lowest BCUT2D eigenvalue weighted by Gasteiger charge is -2.21. The summed E-state index contributed by atoms with van der Waals surface area (Å²) in [6.45, 7) is 4.40. The van der Waals surface area contributed by atoms with Crippen molar-refractivity contribution in [3.63, 3.8) is 0 Å². The number of carbonyl (C=O) groups is 3. The first-order valence-corrected chi connectivity index (χ1v) is 32.6. The van der Waals surface area contributed by atoms with E-state index in [1.807, 2.05) is 0 Å². The topological polar surface area (TPSA) is 155 Å².